The number of thiazole rings is 1. The molecule has 0 aliphatic carbocycles. The largest absolute Gasteiger partial charge is 0.461 e. The lowest BCUT2D eigenvalue weighted by Crippen LogP contribution is -2.14. The Morgan fingerprint density at radius 2 is 2.13 bits per heavy atom. The Hall–Kier alpha value is -2.88. The fourth-order valence-electron chi connectivity index (χ4n) is 2.65. The first-order valence-corrected chi connectivity index (χ1v) is 11.1. The summed E-state index contributed by atoms with van der Waals surface area (Å²) in [5.41, 5.74) is 1.72. The van der Waals surface area contributed by atoms with Crippen molar-refractivity contribution in [1.82, 2.24) is 19.7 Å². The number of halogens is 1. The van der Waals surface area contributed by atoms with Gasteiger partial charge in [-0.2, -0.15) is 0 Å². The maximum atomic E-state index is 12.4. The Morgan fingerprint density at radius 3 is 2.87 bits per heavy atom. The predicted octanol–water partition coefficient (Wildman–Crippen LogP) is 5.23. The minimum atomic E-state index is -0.176. The van der Waals surface area contributed by atoms with E-state index in [0.29, 0.717) is 33.4 Å². The van der Waals surface area contributed by atoms with Crippen LogP contribution in [0.3, 0.4) is 0 Å². The first-order valence-electron chi connectivity index (χ1n) is 8.86. The Labute approximate surface area is 185 Å². The summed E-state index contributed by atoms with van der Waals surface area (Å²) >= 11 is 8.58. The lowest BCUT2D eigenvalue weighted by Gasteiger charge is -2.06. The molecule has 0 aliphatic heterocycles. The number of aromatic nitrogens is 4. The van der Waals surface area contributed by atoms with Crippen molar-refractivity contribution in [3.05, 3.63) is 65.7 Å². The fourth-order valence-corrected chi connectivity index (χ4v) is 4.26. The molecule has 0 saturated heterocycles. The molecule has 3 heterocycles. The molecule has 3 aromatic heterocycles. The van der Waals surface area contributed by atoms with Crippen LogP contribution in [0.5, 0.6) is 0 Å². The van der Waals surface area contributed by atoms with Crippen molar-refractivity contribution in [2.45, 2.75) is 11.7 Å². The van der Waals surface area contributed by atoms with Crippen LogP contribution in [-0.2, 0) is 11.3 Å². The zero-order valence-electron chi connectivity index (χ0n) is 15.6. The SMILES string of the molecule is C=CCn1c(SCC(=O)Nc2nc(-c3ccc(Cl)cc3)cs2)nnc1-c1ccco1. The van der Waals surface area contributed by atoms with E-state index in [1.165, 1.54) is 23.1 Å². The molecule has 152 valence electrons. The molecule has 7 nitrogen and oxygen atoms in total. The molecule has 4 rings (SSSR count). The third-order valence-electron chi connectivity index (χ3n) is 3.99. The molecular weight excluding hydrogens is 442 g/mol. The molecule has 1 N–H and O–H groups in total. The van der Waals surface area contributed by atoms with Gasteiger partial charge in [0.05, 0.1) is 17.7 Å². The van der Waals surface area contributed by atoms with Crippen LogP contribution in [0.15, 0.2) is 70.3 Å². The maximum Gasteiger partial charge on any atom is 0.236 e. The number of carbonyl (C=O) groups is 1. The van der Waals surface area contributed by atoms with Gasteiger partial charge in [0.25, 0.3) is 0 Å². The second-order valence-electron chi connectivity index (χ2n) is 6.06. The zero-order valence-corrected chi connectivity index (χ0v) is 18.0. The van der Waals surface area contributed by atoms with E-state index in [4.69, 9.17) is 16.0 Å². The van der Waals surface area contributed by atoms with E-state index >= 15 is 0 Å². The zero-order chi connectivity index (χ0) is 20.9. The summed E-state index contributed by atoms with van der Waals surface area (Å²) in [6.07, 6.45) is 3.32. The lowest BCUT2D eigenvalue weighted by molar-refractivity contribution is -0.113. The molecule has 1 aromatic carbocycles. The van der Waals surface area contributed by atoms with Gasteiger partial charge in [-0.25, -0.2) is 4.98 Å². The molecule has 0 atom stereocenters. The standard InChI is InChI=1S/C20H16ClN5O2S2/c1-2-9-26-18(16-4-3-10-28-16)24-25-20(26)30-12-17(27)23-19-22-15(11-29-19)13-5-7-14(21)8-6-13/h2-8,10-11H,1,9,12H2,(H,22,23,27). The van der Waals surface area contributed by atoms with Gasteiger partial charge in [0.15, 0.2) is 16.0 Å². The Balaban J connectivity index is 1.40. The highest BCUT2D eigenvalue weighted by molar-refractivity contribution is 7.99. The minimum Gasteiger partial charge on any atom is -0.461 e. The van der Waals surface area contributed by atoms with Gasteiger partial charge in [0, 0.05) is 22.5 Å². The van der Waals surface area contributed by atoms with E-state index in [9.17, 15) is 4.79 Å². The van der Waals surface area contributed by atoms with Crippen LogP contribution in [0.1, 0.15) is 0 Å². The Kier molecular flexibility index (Phi) is 6.32. The lowest BCUT2D eigenvalue weighted by atomic mass is 10.2. The summed E-state index contributed by atoms with van der Waals surface area (Å²) in [4.78, 5) is 16.9. The van der Waals surface area contributed by atoms with Crippen LogP contribution in [0, 0.1) is 0 Å². The summed E-state index contributed by atoms with van der Waals surface area (Å²) < 4.78 is 7.26. The highest BCUT2D eigenvalue weighted by atomic mass is 35.5. The normalized spacial score (nSPS) is 10.8. The molecule has 0 radical (unpaired) electrons. The number of hydrogen-bond donors (Lipinski definition) is 1. The minimum absolute atomic E-state index is 0.170. The Bertz CT molecular complexity index is 1150. The molecule has 4 aromatic rings. The van der Waals surface area contributed by atoms with Crippen LogP contribution in [0.4, 0.5) is 5.13 Å². The first kappa shape index (κ1) is 20.4. The van der Waals surface area contributed by atoms with E-state index in [0.717, 1.165) is 11.3 Å². The van der Waals surface area contributed by atoms with Gasteiger partial charge in [0.2, 0.25) is 11.7 Å². The van der Waals surface area contributed by atoms with Crippen molar-refractivity contribution in [2.24, 2.45) is 0 Å². The second kappa shape index (κ2) is 9.29. The number of allylic oxidation sites excluding steroid dienone is 1. The topological polar surface area (TPSA) is 85.8 Å². The number of amides is 1. The summed E-state index contributed by atoms with van der Waals surface area (Å²) in [5.74, 6) is 1.20. The summed E-state index contributed by atoms with van der Waals surface area (Å²) in [7, 11) is 0. The smallest absolute Gasteiger partial charge is 0.236 e. The molecule has 0 aliphatic rings. The highest BCUT2D eigenvalue weighted by Crippen LogP contribution is 2.27. The quantitative estimate of drug-likeness (QED) is 0.288. The average Bonchev–Trinajstić information content (AvgIpc) is 3.48. The number of hydrogen-bond acceptors (Lipinski definition) is 7. The third-order valence-corrected chi connectivity index (χ3v) is 5.97. The molecule has 0 unspecified atom stereocenters. The number of nitrogens with zero attached hydrogens (tertiary/aromatic N) is 4. The Morgan fingerprint density at radius 1 is 1.30 bits per heavy atom. The van der Waals surface area contributed by atoms with Crippen molar-refractivity contribution < 1.29 is 9.21 Å². The van der Waals surface area contributed by atoms with Crippen molar-refractivity contribution in [3.8, 4) is 22.8 Å². The van der Waals surface area contributed by atoms with Crippen molar-refractivity contribution in [2.75, 3.05) is 11.1 Å². The highest BCUT2D eigenvalue weighted by Gasteiger charge is 2.17. The number of benzene rings is 1. The van der Waals surface area contributed by atoms with Gasteiger partial charge in [-0.1, -0.05) is 41.6 Å². The number of carbonyl (C=O) groups excluding carboxylic acids is 1. The molecule has 30 heavy (non-hydrogen) atoms. The van der Waals surface area contributed by atoms with Gasteiger partial charge in [-0.05, 0) is 24.3 Å². The number of rotatable bonds is 8. The van der Waals surface area contributed by atoms with Gasteiger partial charge in [-0.15, -0.1) is 28.1 Å². The van der Waals surface area contributed by atoms with Gasteiger partial charge < -0.3 is 9.73 Å². The monoisotopic (exact) mass is 457 g/mol. The molecular formula is C20H16ClN5O2S2. The average molecular weight is 458 g/mol. The number of anilines is 1. The van der Waals surface area contributed by atoms with Crippen LogP contribution < -0.4 is 5.32 Å². The fraction of sp³-hybridized carbons (Fsp3) is 0.100. The first-order chi connectivity index (χ1) is 14.6. The molecule has 0 bridgehead atoms. The molecule has 0 fully saturated rings. The van der Waals surface area contributed by atoms with Crippen LogP contribution in [0.2, 0.25) is 5.02 Å². The van der Waals surface area contributed by atoms with E-state index < -0.39 is 0 Å². The summed E-state index contributed by atoms with van der Waals surface area (Å²) in [6, 6.07) is 11.0. The molecule has 10 heteroatoms. The molecule has 0 saturated carbocycles. The van der Waals surface area contributed by atoms with E-state index in [-0.39, 0.29) is 11.7 Å². The van der Waals surface area contributed by atoms with Gasteiger partial charge >= 0.3 is 0 Å². The summed E-state index contributed by atoms with van der Waals surface area (Å²) in [5, 5.41) is 14.9. The number of nitrogens with one attached hydrogen (secondary N) is 1. The summed E-state index contributed by atoms with van der Waals surface area (Å²) in [6.45, 7) is 4.28. The van der Waals surface area contributed by atoms with Crippen LogP contribution >= 0.6 is 34.7 Å². The van der Waals surface area contributed by atoms with Gasteiger partial charge in [-0.3, -0.25) is 9.36 Å². The van der Waals surface area contributed by atoms with Gasteiger partial charge in [0.1, 0.15) is 0 Å². The van der Waals surface area contributed by atoms with E-state index in [2.05, 4.69) is 27.1 Å². The third kappa shape index (κ3) is 4.64. The van der Waals surface area contributed by atoms with Crippen molar-refractivity contribution in [1.29, 1.82) is 0 Å². The van der Waals surface area contributed by atoms with Crippen molar-refractivity contribution in [3.63, 3.8) is 0 Å². The van der Waals surface area contributed by atoms with Crippen LogP contribution in [0.25, 0.3) is 22.8 Å². The van der Waals surface area contributed by atoms with E-state index in [1.807, 2.05) is 40.3 Å². The second-order valence-corrected chi connectivity index (χ2v) is 8.30. The molecule has 1 amide bonds. The number of furan rings is 1. The van der Waals surface area contributed by atoms with Crippen molar-refractivity contribution >= 4 is 45.7 Å². The van der Waals surface area contributed by atoms with E-state index in [1.54, 1.807) is 18.4 Å². The van der Waals surface area contributed by atoms with Crippen LogP contribution in [-0.4, -0.2) is 31.4 Å². The molecule has 0 spiro atoms. The predicted molar refractivity (Wildman–Crippen MR) is 120 cm³/mol. The maximum absolute atomic E-state index is 12.4. The number of thioether (sulfide) groups is 1.